The second kappa shape index (κ2) is 5.33. The zero-order valence-electron chi connectivity index (χ0n) is 11.9. The molecule has 0 saturated heterocycles. The summed E-state index contributed by atoms with van der Waals surface area (Å²) in [6.07, 6.45) is 0. The Hall–Kier alpha value is -2.15. The largest absolute Gasteiger partial charge is 0.396 e. The lowest BCUT2D eigenvalue weighted by Crippen LogP contribution is -2.15. The lowest BCUT2D eigenvalue weighted by Gasteiger charge is -2.12. The number of sulfonamides is 1. The molecule has 0 unspecified atom stereocenters. The first-order valence-electron chi connectivity index (χ1n) is 6.23. The predicted molar refractivity (Wildman–Crippen MR) is 80.1 cm³/mol. The normalized spacial score (nSPS) is 11.4. The van der Waals surface area contributed by atoms with Crippen LogP contribution in [0.3, 0.4) is 0 Å². The van der Waals surface area contributed by atoms with E-state index in [-0.39, 0.29) is 16.1 Å². The van der Waals surface area contributed by atoms with E-state index < -0.39 is 15.8 Å². The number of nitrogens with two attached hydrogens (primary N) is 1. The first-order valence-corrected chi connectivity index (χ1v) is 7.71. The van der Waals surface area contributed by atoms with Crippen LogP contribution in [0, 0.1) is 26.6 Å². The molecule has 5 nitrogen and oxygen atoms in total. The Labute approximate surface area is 123 Å². The maximum absolute atomic E-state index is 13.5. The fourth-order valence-electron chi connectivity index (χ4n) is 1.92. The molecule has 0 spiro atoms. The van der Waals surface area contributed by atoms with Crippen LogP contribution in [0.5, 0.6) is 0 Å². The Morgan fingerprint density at radius 1 is 1.19 bits per heavy atom. The Kier molecular flexibility index (Phi) is 3.87. The van der Waals surface area contributed by atoms with Crippen molar-refractivity contribution in [3.05, 3.63) is 47.0 Å². The van der Waals surface area contributed by atoms with Crippen LogP contribution in [0.4, 0.5) is 15.8 Å². The standard InChI is InChI=1S/C14H16FN3O2S/c1-8-6-11(7-12(16)14(8)15)21(19,20)18-13-5-4-9(2)17-10(13)3/h4-7,18H,16H2,1-3H3. The number of nitrogen functional groups attached to an aromatic ring is 1. The zero-order chi connectivity index (χ0) is 15.8. The number of nitrogens with one attached hydrogen (secondary N) is 1. The molecule has 21 heavy (non-hydrogen) atoms. The van der Waals surface area contributed by atoms with Crippen molar-refractivity contribution < 1.29 is 12.8 Å². The van der Waals surface area contributed by atoms with Crippen LogP contribution >= 0.6 is 0 Å². The minimum Gasteiger partial charge on any atom is -0.396 e. The van der Waals surface area contributed by atoms with Gasteiger partial charge in [0.2, 0.25) is 0 Å². The van der Waals surface area contributed by atoms with Crippen LogP contribution in [0.25, 0.3) is 0 Å². The molecule has 0 saturated carbocycles. The third-order valence-electron chi connectivity index (χ3n) is 3.04. The van der Waals surface area contributed by atoms with Gasteiger partial charge in [0.05, 0.1) is 22.0 Å². The first kappa shape index (κ1) is 15.2. The van der Waals surface area contributed by atoms with Crippen LogP contribution in [0.1, 0.15) is 17.0 Å². The molecule has 0 aliphatic heterocycles. The van der Waals surface area contributed by atoms with Crippen molar-refractivity contribution in [2.45, 2.75) is 25.7 Å². The molecule has 0 amide bonds. The van der Waals surface area contributed by atoms with E-state index in [0.717, 1.165) is 11.8 Å². The van der Waals surface area contributed by atoms with Gasteiger partial charge in [-0.3, -0.25) is 9.71 Å². The number of nitrogens with zero attached hydrogens (tertiary/aromatic N) is 1. The van der Waals surface area contributed by atoms with Crippen molar-refractivity contribution >= 4 is 21.4 Å². The van der Waals surface area contributed by atoms with E-state index in [2.05, 4.69) is 9.71 Å². The highest BCUT2D eigenvalue weighted by Crippen LogP contribution is 2.23. The van der Waals surface area contributed by atoms with Gasteiger partial charge in [-0.2, -0.15) is 0 Å². The third kappa shape index (κ3) is 3.13. The number of aromatic nitrogens is 1. The Bertz CT molecular complexity index is 781. The predicted octanol–water partition coefficient (Wildman–Crippen LogP) is 2.53. The molecule has 0 bridgehead atoms. The number of aryl methyl sites for hydroxylation is 3. The van der Waals surface area contributed by atoms with Crippen LogP contribution < -0.4 is 10.5 Å². The summed E-state index contributed by atoms with van der Waals surface area (Å²) in [6, 6.07) is 5.68. The molecule has 7 heteroatoms. The van der Waals surface area contributed by atoms with E-state index in [4.69, 9.17) is 5.73 Å². The summed E-state index contributed by atoms with van der Waals surface area (Å²) in [7, 11) is -3.85. The molecule has 3 N–H and O–H groups in total. The van der Waals surface area contributed by atoms with Gasteiger partial charge in [0.15, 0.2) is 0 Å². The van der Waals surface area contributed by atoms with Crippen molar-refractivity contribution in [1.29, 1.82) is 0 Å². The average molecular weight is 309 g/mol. The molecule has 0 fully saturated rings. The van der Waals surface area contributed by atoms with Gasteiger partial charge in [0.1, 0.15) is 5.82 Å². The second-order valence-corrected chi connectivity index (χ2v) is 6.52. The molecular weight excluding hydrogens is 293 g/mol. The summed E-state index contributed by atoms with van der Waals surface area (Å²) in [6.45, 7) is 4.98. The lowest BCUT2D eigenvalue weighted by molar-refractivity contribution is 0.599. The fourth-order valence-corrected chi connectivity index (χ4v) is 3.15. The highest BCUT2D eigenvalue weighted by Gasteiger charge is 2.18. The minimum atomic E-state index is -3.85. The molecular formula is C14H16FN3O2S. The quantitative estimate of drug-likeness (QED) is 0.853. The highest BCUT2D eigenvalue weighted by molar-refractivity contribution is 7.92. The molecule has 0 aliphatic carbocycles. The number of hydrogen-bond acceptors (Lipinski definition) is 4. The summed E-state index contributed by atoms with van der Waals surface area (Å²) in [5.41, 5.74) is 7.18. The highest BCUT2D eigenvalue weighted by atomic mass is 32.2. The van der Waals surface area contributed by atoms with E-state index in [1.165, 1.54) is 13.0 Å². The topological polar surface area (TPSA) is 85.1 Å². The number of pyridine rings is 1. The summed E-state index contributed by atoms with van der Waals surface area (Å²) in [5, 5.41) is 0. The van der Waals surface area contributed by atoms with E-state index in [0.29, 0.717) is 11.4 Å². The van der Waals surface area contributed by atoms with Gasteiger partial charge in [-0.25, -0.2) is 12.8 Å². The molecule has 0 aliphatic rings. The van der Waals surface area contributed by atoms with E-state index in [9.17, 15) is 12.8 Å². The van der Waals surface area contributed by atoms with Crippen LogP contribution in [0.2, 0.25) is 0 Å². The fraction of sp³-hybridized carbons (Fsp3) is 0.214. The van der Waals surface area contributed by atoms with Crippen LogP contribution in [-0.4, -0.2) is 13.4 Å². The Morgan fingerprint density at radius 3 is 2.43 bits per heavy atom. The zero-order valence-corrected chi connectivity index (χ0v) is 12.8. The van der Waals surface area contributed by atoms with Gasteiger partial charge in [-0.1, -0.05) is 0 Å². The van der Waals surface area contributed by atoms with Crippen LogP contribution in [0.15, 0.2) is 29.2 Å². The Morgan fingerprint density at radius 2 is 1.86 bits per heavy atom. The number of anilines is 2. The number of halogens is 1. The molecule has 0 atom stereocenters. The van der Waals surface area contributed by atoms with E-state index >= 15 is 0 Å². The third-order valence-corrected chi connectivity index (χ3v) is 4.38. The molecule has 1 aromatic carbocycles. The second-order valence-electron chi connectivity index (χ2n) is 4.83. The molecule has 2 rings (SSSR count). The van der Waals surface area contributed by atoms with Crippen molar-refractivity contribution in [3.63, 3.8) is 0 Å². The summed E-state index contributed by atoms with van der Waals surface area (Å²) < 4.78 is 40.6. The number of hydrogen-bond donors (Lipinski definition) is 2. The summed E-state index contributed by atoms with van der Waals surface area (Å²) in [4.78, 5) is 4.10. The SMILES string of the molecule is Cc1ccc(NS(=O)(=O)c2cc(C)c(F)c(N)c2)c(C)n1. The number of benzene rings is 1. The van der Waals surface area contributed by atoms with Crippen molar-refractivity contribution in [2.75, 3.05) is 10.5 Å². The Balaban J connectivity index is 2.43. The van der Waals surface area contributed by atoms with Gasteiger partial charge in [-0.05, 0) is 50.6 Å². The monoisotopic (exact) mass is 309 g/mol. The van der Waals surface area contributed by atoms with Gasteiger partial charge in [0.25, 0.3) is 10.0 Å². The maximum atomic E-state index is 13.5. The van der Waals surface area contributed by atoms with Crippen LogP contribution in [-0.2, 0) is 10.0 Å². The van der Waals surface area contributed by atoms with Gasteiger partial charge >= 0.3 is 0 Å². The van der Waals surface area contributed by atoms with Gasteiger partial charge in [-0.15, -0.1) is 0 Å². The molecule has 2 aromatic rings. The van der Waals surface area contributed by atoms with Gasteiger partial charge < -0.3 is 5.73 Å². The molecule has 1 aromatic heterocycles. The molecule has 112 valence electrons. The number of rotatable bonds is 3. The van der Waals surface area contributed by atoms with Gasteiger partial charge in [0, 0.05) is 5.69 Å². The van der Waals surface area contributed by atoms with E-state index in [1.54, 1.807) is 19.1 Å². The smallest absolute Gasteiger partial charge is 0.262 e. The summed E-state index contributed by atoms with van der Waals surface area (Å²) >= 11 is 0. The van der Waals surface area contributed by atoms with Crippen molar-refractivity contribution in [3.8, 4) is 0 Å². The first-order chi connectivity index (χ1) is 9.70. The molecule has 1 heterocycles. The maximum Gasteiger partial charge on any atom is 0.262 e. The molecule has 0 radical (unpaired) electrons. The average Bonchev–Trinajstić information content (AvgIpc) is 2.38. The van der Waals surface area contributed by atoms with Crippen molar-refractivity contribution in [1.82, 2.24) is 4.98 Å². The lowest BCUT2D eigenvalue weighted by atomic mass is 10.2. The van der Waals surface area contributed by atoms with Crippen molar-refractivity contribution in [2.24, 2.45) is 0 Å². The summed E-state index contributed by atoms with van der Waals surface area (Å²) in [5.74, 6) is -0.609. The minimum absolute atomic E-state index is 0.0844. The van der Waals surface area contributed by atoms with E-state index in [1.807, 2.05) is 6.92 Å².